The van der Waals surface area contributed by atoms with Gasteiger partial charge in [-0.1, -0.05) is 29.8 Å². The minimum atomic E-state index is -0.391. The summed E-state index contributed by atoms with van der Waals surface area (Å²) in [7, 11) is 0. The van der Waals surface area contributed by atoms with E-state index in [2.05, 4.69) is 5.32 Å². The van der Waals surface area contributed by atoms with Crippen molar-refractivity contribution in [1.29, 1.82) is 5.26 Å². The lowest BCUT2D eigenvalue weighted by atomic mass is 10.2. The Morgan fingerprint density at radius 1 is 1.19 bits per heavy atom. The van der Waals surface area contributed by atoms with E-state index in [0.29, 0.717) is 21.9 Å². The van der Waals surface area contributed by atoms with Crippen LogP contribution in [0.5, 0.6) is 0 Å². The molecule has 0 saturated heterocycles. The summed E-state index contributed by atoms with van der Waals surface area (Å²) in [4.78, 5) is 12.2. The molecule has 0 saturated carbocycles. The topological polar surface area (TPSA) is 66.0 Å². The maximum Gasteiger partial charge on any atom is 0.291 e. The molecule has 0 fully saturated rings. The molecule has 0 radical (unpaired) electrons. The van der Waals surface area contributed by atoms with Crippen molar-refractivity contribution in [2.75, 3.05) is 5.32 Å². The smallest absolute Gasteiger partial charge is 0.291 e. The highest BCUT2D eigenvalue weighted by Gasteiger charge is 2.13. The maximum absolute atomic E-state index is 12.2. The molecule has 1 amide bonds. The van der Waals surface area contributed by atoms with Crippen LogP contribution in [0.15, 0.2) is 52.9 Å². The van der Waals surface area contributed by atoms with E-state index in [4.69, 9.17) is 21.3 Å². The van der Waals surface area contributed by atoms with Crippen LogP contribution in [0.4, 0.5) is 5.69 Å². The number of benzene rings is 2. The summed E-state index contributed by atoms with van der Waals surface area (Å²) < 4.78 is 5.48. The van der Waals surface area contributed by atoms with E-state index in [0.717, 1.165) is 5.39 Å². The molecular weight excluding hydrogens is 288 g/mol. The summed E-state index contributed by atoms with van der Waals surface area (Å²) in [5, 5.41) is 12.6. The number of amides is 1. The van der Waals surface area contributed by atoms with E-state index in [9.17, 15) is 4.79 Å². The molecule has 0 atom stereocenters. The number of fused-ring (bicyclic) bond motifs is 1. The highest BCUT2D eigenvalue weighted by molar-refractivity contribution is 6.34. The average Bonchev–Trinajstić information content (AvgIpc) is 2.93. The predicted molar refractivity (Wildman–Crippen MR) is 80.3 cm³/mol. The zero-order chi connectivity index (χ0) is 14.8. The molecule has 0 spiro atoms. The van der Waals surface area contributed by atoms with Gasteiger partial charge in [-0.05, 0) is 30.3 Å². The van der Waals surface area contributed by atoms with Crippen molar-refractivity contribution < 1.29 is 9.21 Å². The van der Waals surface area contributed by atoms with E-state index in [1.165, 1.54) is 6.07 Å². The van der Waals surface area contributed by atoms with Crippen LogP contribution in [0.2, 0.25) is 5.02 Å². The Balaban J connectivity index is 1.88. The molecule has 1 aromatic heterocycles. The van der Waals surface area contributed by atoms with E-state index < -0.39 is 5.91 Å². The molecule has 0 aliphatic carbocycles. The molecule has 21 heavy (non-hydrogen) atoms. The van der Waals surface area contributed by atoms with E-state index in [1.54, 1.807) is 24.3 Å². The molecule has 1 heterocycles. The van der Waals surface area contributed by atoms with Crippen molar-refractivity contribution >= 4 is 34.2 Å². The van der Waals surface area contributed by atoms with Crippen molar-refractivity contribution in [3.8, 4) is 6.07 Å². The normalized spacial score (nSPS) is 10.3. The molecule has 0 aliphatic rings. The number of rotatable bonds is 2. The third kappa shape index (κ3) is 2.60. The zero-order valence-corrected chi connectivity index (χ0v) is 11.5. The van der Waals surface area contributed by atoms with E-state index in [1.807, 2.05) is 24.3 Å². The number of furan rings is 1. The van der Waals surface area contributed by atoms with Crippen LogP contribution in [-0.4, -0.2) is 5.91 Å². The van der Waals surface area contributed by atoms with E-state index >= 15 is 0 Å². The summed E-state index contributed by atoms with van der Waals surface area (Å²) in [5.41, 5.74) is 1.51. The van der Waals surface area contributed by atoms with Crippen LogP contribution in [0.1, 0.15) is 16.1 Å². The van der Waals surface area contributed by atoms with E-state index in [-0.39, 0.29) is 5.76 Å². The molecule has 0 bridgehead atoms. The van der Waals surface area contributed by atoms with Gasteiger partial charge in [0.1, 0.15) is 5.58 Å². The van der Waals surface area contributed by atoms with Crippen molar-refractivity contribution in [3.05, 3.63) is 64.9 Å². The van der Waals surface area contributed by atoms with Crippen LogP contribution in [0.25, 0.3) is 11.0 Å². The fraction of sp³-hybridized carbons (Fsp3) is 0. The first kappa shape index (κ1) is 13.2. The summed E-state index contributed by atoms with van der Waals surface area (Å²) in [6, 6.07) is 15.7. The molecule has 0 aliphatic heterocycles. The van der Waals surface area contributed by atoms with Gasteiger partial charge in [0.25, 0.3) is 5.91 Å². The van der Waals surface area contributed by atoms with Crippen LogP contribution in [-0.2, 0) is 0 Å². The number of nitrogens with zero attached hydrogens (tertiary/aromatic N) is 1. The second-order valence-electron chi connectivity index (χ2n) is 4.41. The first-order valence-corrected chi connectivity index (χ1v) is 6.55. The lowest BCUT2D eigenvalue weighted by molar-refractivity contribution is 0.0998. The fourth-order valence-electron chi connectivity index (χ4n) is 1.96. The third-order valence-corrected chi connectivity index (χ3v) is 3.31. The minimum Gasteiger partial charge on any atom is -0.451 e. The third-order valence-electron chi connectivity index (χ3n) is 3.00. The van der Waals surface area contributed by atoms with Gasteiger partial charge in [-0.3, -0.25) is 4.79 Å². The number of nitriles is 1. The summed E-state index contributed by atoms with van der Waals surface area (Å²) in [5.74, 6) is -0.186. The fourth-order valence-corrected chi connectivity index (χ4v) is 2.19. The van der Waals surface area contributed by atoms with Crippen LogP contribution < -0.4 is 5.32 Å². The van der Waals surface area contributed by atoms with Crippen molar-refractivity contribution in [2.45, 2.75) is 0 Å². The number of hydrogen-bond acceptors (Lipinski definition) is 3. The maximum atomic E-state index is 12.2. The standard InChI is InChI=1S/C16H9ClN2O2/c17-12-7-10(9-18)5-6-13(12)19-16(20)15-8-11-3-1-2-4-14(11)21-15/h1-8H,(H,19,20). The first-order valence-electron chi connectivity index (χ1n) is 6.17. The molecule has 3 rings (SSSR count). The lowest BCUT2D eigenvalue weighted by Gasteiger charge is -2.05. The average molecular weight is 297 g/mol. The number of carbonyl (C=O) groups is 1. The summed E-state index contributed by atoms with van der Waals surface area (Å²) in [6.45, 7) is 0. The van der Waals surface area contributed by atoms with Gasteiger partial charge in [0.15, 0.2) is 5.76 Å². The number of halogens is 1. The van der Waals surface area contributed by atoms with Crippen LogP contribution in [0.3, 0.4) is 0 Å². The number of hydrogen-bond donors (Lipinski definition) is 1. The second-order valence-corrected chi connectivity index (χ2v) is 4.82. The van der Waals surface area contributed by atoms with Gasteiger partial charge >= 0.3 is 0 Å². The Hall–Kier alpha value is -2.77. The lowest BCUT2D eigenvalue weighted by Crippen LogP contribution is -2.11. The van der Waals surface area contributed by atoms with Gasteiger partial charge in [0, 0.05) is 5.39 Å². The molecule has 5 heteroatoms. The quantitative estimate of drug-likeness (QED) is 0.770. The number of carbonyl (C=O) groups excluding carboxylic acids is 1. The highest BCUT2D eigenvalue weighted by atomic mass is 35.5. The zero-order valence-electron chi connectivity index (χ0n) is 10.8. The molecule has 0 unspecified atom stereocenters. The van der Waals surface area contributed by atoms with Gasteiger partial charge in [-0.15, -0.1) is 0 Å². The van der Waals surface area contributed by atoms with Gasteiger partial charge < -0.3 is 9.73 Å². The Bertz CT molecular complexity index is 844. The predicted octanol–water partition coefficient (Wildman–Crippen LogP) is 4.21. The molecule has 102 valence electrons. The largest absolute Gasteiger partial charge is 0.451 e. The monoisotopic (exact) mass is 296 g/mol. The summed E-state index contributed by atoms with van der Waals surface area (Å²) in [6.07, 6.45) is 0. The number of para-hydroxylation sites is 1. The van der Waals surface area contributed by atoms with Gasteiger partial charge in [-0.2, -0.15) is 5.26 Å². The number of anilines is 1. The Labute approximate surface area is 125 Å². The van der Waals surface area contributed by atoms with Crippen molar-refractivity contribution in [1.82, 2.24) is 0 Å². The molecule has 4 nitrogen and oxygen atoms in total. The van der Waals surface area contributed by atoms with Crippen LogP contribution in [0, 0.1) is 11.3 Å². The molecule has 3 aromatic rings. The Morgan fingerprint density at radius 3 is 2.71 bits per heavy atom. The van der Waals surface area contributed by atoms with Crippen molar-refractivity contribution in [2.24, 2.45) is 0 Å². The number of nitrogens with one attached hydrogen (secondary N) is 1. The Kier molecular flexibility index (Phi) is 3.35. The summed E-state index contributed by atoms with van der Waals surface area (Å²) >= 11 is 6.02. The van der Waals surface area contributed by atoms with Gasteiger partial charge in [-0.25, -0.2) is 0 Å². The first-order chi connectivity index (χ1) is 10.2. The van der Waals surface area contributed by atoms with Gasteiger partial charge in [0.2, 0.25) is 0 Å². The SMILES string of the molecule is N#Cc1ccc(NC(=O)c2cc3ccccc3o2)c(Cl)c1. The molecular formula is C16H9ClN2O2. The van der Waals surface area contributed by atoms with Crippen molar-refractivity contribution in [3.63, 3.8) is 0 Å². The highest BCUT2D eigenvalue weighted by Crippen LogP contribution is 2.25. The second kappa shape index (κ2) is 5.31. The van der Waals surface area contributed by atoms with Crippen LogP contribution >= 0.6 is 11.6 Å². The molecule has 1 N–H and O–H groups in total. The van der Waals surface area contributed by atoms with Gasteiger partial charge in [0.05, 0.1) is 22.3 Å². The molecule has 2 aromatic carbocycles. The Morgan fingerprint density at radius 2 is 2.00 bits per heavy atom. The minimum absolute atomic E-state index is 0.205.